The van der Waals surface area contributed by atoms with Crippen molar-refractivity contribution in [3.8, 4) is 5.75 Å². The monoisotopic (exact) mass is 419 g/mol. The van der Waals surface area contributed by atoms with Crippen molar-refractivity contribution >= 4 is 17.3 Å². The molecule has 6 nitrogen and oxygen atoms in total. The van der Waals surface area contributed by atoms with Gasteiger partial charge in [-0.1, -0.05) is 11.6 Å². The molecule has 0 unspecified atom stereocenters. The summed E-state index contributed by atoms with van der Waals surface area (Å²) in [6.07, 6.45) is -1.72. The molecule has 0 aliphatic heterocycles. The predicted molar refractivity (Wildman–Crippen MR) is 93.1 cm³/mol. The van der Waals surface area contributed by atoms with Gasteiger partial charge in [0.05, 0.1) is 23.9 Å². The number of aromatic nitrogens is 4. The van der Waals surface area contributed by atoms with Crippen LogP contribution in [0.5, 0.6) is 5.75 Å². The number of rotatable bonds is 7. The standard InChI is InChI=1S/C17H18ClF4N5O/c18-11-1-4-14(28-9-17(20,21)22)13(5-11)23-16(6-10(7-16)8-19)15-24-25-26-27(15)12-2-3-12/h1,4-5,10,12,23H,2-3,6-9H2. The summed E-state index contributed by atoms with van der Waals surface area (Å²) in [5.41, 5.74) is -0.497. The Balaban J connectivity index is 1.64. The molecule has 2 aliphatic rings. The van der Waals surface area contributed by atoms with Gasteiger partial charge in [0.2, 0.25) is 0 Å². The van der Waals surface area contributed by atoms with E-state index in [9.17, 15) is 17.6 Å². The number of nitrogens with zero attached hydrogens (tertiary/aromatic N) is 4. The molecule has 2 fully saturated rings. The Hall–Kier alpha value is -2.10. The zero-order valence-corrected chi connectivity index (χ0v) is 15.5. The van der Waals surface area contributed by atoms with E-state index in [1.807, 2.05) is 0 Å². The molecule has 2 saturated carbocycles. The highest BCUT2D eigenvalue weighted by Crippen LogP contribution is 2.50. The number of alkyl halides is 4. The normalized spacial score (nSPS) is 24.7. The van der Waals surface area contributed by atoms with Gasteiger partial charge in [0.15, 0.2) is 12.4 Å². The molecule has 1 aromatic carbocycles. The van der Waals surface area contributed by atoms with Crippen LogP contribution in [0.3, 0.4) is 0 Å². The van der Waals surface area contributed by atoms with E-state index in [2.05, 4.69) is 20.8 Å². The molecule has 0 bridgehead atoms. The number of ether oxygens (including phenoxy) is 1. The molecule has 152 valence electrons. The van der Waals surface area contributed by atoms with E-state index in [-0.39, 0.29) is 17.7 Å². The summed E-state index contributed by atoms with van der Waals surface area (Å²) in [6, 6.07) is 4.51. The number of benzene rings is 1. The van der Waals surface area contributed by atoms with E-state index in [4.69, 9.17) is 16.3 Å². The minimum atomic E-state index is -4.47. The van der Waals surface area contributed by atoms with Gasteiger partial charge in [-0.05, 0) is 60.2 Å². The summed E-state index contributed by atoms with van der Waals surface area (Å²) in [7, 11) is 0. The molecular weight excluding hydrogens is 402 g/mol. The summed E-state index contributed by atoms with van der Waals surface area (Å²) in [5, 5.41) is 15.5. The molecule has 11 heteroatoms. The van der Waals surface area contributed by atoms with Gasteiger partial charge in [-0.25, -0.2) is 4.68 Å². The molecule has 2 aliphatic carbocycles. The van der Waals surface area contributed by atoms with Crippen LogP contribution in [-0.2, 0) is 5.54 Å². The Morgan fingerprint density at radius 3 is 2.68 bits per heavy atom. The van der Waals surface area contributed by atoms with E-state index in [0.717, 1.165) is 12.8 Å². The van der Waals surface area contributed by atoms with Crippen LogP contribution < -0.4 is 10.1 Å². The SMILES string of the molecule is FCC1CC(Nc2cc(Cl)ccc2OCC(F)(F)F)(c2nnnn2C2CC2)C1. The largest absolute Gasteiger partial charge is 0.482 e. The minimum absolute atomic E-state index is 0.00949. The van der Waals surface area contributed by atoms with Gasteiger partial charge in [-0.15, -0.1) is 5.10 Å². The molecule has 0 amide bonds. The summed E-state index contributed by atoms with van der Waals surface area (Å²) in [5.74, 6) is 0.396. The van der Waals surface area contributed by atoms with Crippen LogP contribution in [0.15, 0.2) is 18.2 Å². The minimum Gasteiger partial charge on any atom is -0.482 e. The molecule has 1 N–H and O–H groups in total. The zero-order chi connectivity index (χ0) is 19.9. The predicted octanol–water partition coefficient (Wildman–Crippen LogP) is 4.29. The lowest BCUT2D eigenvalue weighted by atomic mass is 9.68. The molecule has 28 heavy (non-hydrogen) atoms. The van der Waals surface area contributed by atoms with Crippen molar-refractivity contribution in [1.82, 2.24) is 20.2 Å². The van der Waals surface area contributed by atoms with E-state index in [1.165, 1.54) is 18.2 Å². The number of nitrogens with one attached hydrogen (secondary N) is 1. The highest BCUT2D eigenvalue weighted by molar-refractivity contribution is 6.30. The third-order valence-electron chi connectivity index (χ3n) is 5.01. The lowest BCUT2D eigenvalue weighted by Crippen LogP contribution is -2.50. The van der Waals surface area contributed by atoms with Crippen molar-refractivity contribution in [3.05, 3.63) is 29.0 Å². The van der Waals surface area contributed by atoms with Crippen LogP contribution in [-0.4, -0.2) is 39.7 Å². The van der Waals surface area contributed by atoms with E-state index in [1.54, 1.807) is 4.68 Å². The van der Waals surface area contributed by atoms with Gasteiger partial charge >= 0.3 is 6.18 Å². The van der Waals surface area contributed by atoms with Gasteiger partial charge in [0.1, 0.15) is 5.75 Å². The molecule has 0 atom stereocenters. The first kappa shape index (κ1) is 19.2. The highest BCUT2D eigenvalue weighted by atomic mass is 35.5. The van der Waals surface area contributed by atoms with Gasteiger partial charge in [0.25, 0.3) is 0 Å². The maximum absolute atomic E-state index is 13.2. The van der Waals surface area contributed by atoms with Gasteiger partial charge < -0.3 is 10.1 Å². The third kappa shape index (κ3) is 3.87. The molecule has 0 radical (unpaired) electrons. The maximum Gasteiger partial charge on any atom is 0.422 e. The van der Waals surface area contributed by atoms with Crippen molar-refractivity contribution in [2.24, 2.45) is 5.92 Å². The van der Waals surface area contributed by atoms with Crippen molar-refractivity contribution in [2.75, 3.05) is 18.6 Å². The smallest absolute Gasteiger partial charge is 0.422 e. The van der Waals surface area contributed by atoms with Gasteiger partial charge in [-0.2, -0.15) is 13.2 Å². The van der Waals surface area contributed by atoms with Crippen LogP contribution in [0.4, 0.5) is 23.2 Å². The van der Waals surface area contributed by atoms with Crippen LogP contribution in [0.1, 0.15) is 37.5 Å². The van der Waals surface area contributed by atoms with E-state index >= 15 is 0 Å². The van der Waals surface area contributed by atoms with E-state index in [0.29, 0.717) is 29.4 Å². The molecule has 4 rings (SSSR count). The Morgan fingerprint density at radius 2 is 2.04 bits per heavy atom. The van der Waals surface area contributed by atoms with Crippen LogP contribution in [0.25, 0.3) is 0 Å². The topological polar surface area (TPSA) is 64.9 Å². The number of hydrogen-bond acceptors (Lipinski definition) is 5. The molecule has 2 aromatic rings. The third-order valence-corrected chi connectivity index (χ3v) is 5.25. The summed E-state index contributed by atoms with van der Waals surface area (Å²) in [4.78, 5) is 0. The Morgan fingerprint density at radius 1 is 1.29 bits per heavy atom. The Kier molecular flexibility index (Phi) is 4.84. The fourth-order valence-electron chi connectivity index (χ4n) is 3.59. The number of hydrogen-bond donors (Lipinski definition) is 1. The van der Waals surface area contributed by atoms with Crippen molar-refractivity contribution in [3.63, 3.8) is 0 Å². The summed E-state index contributed by atoms with van der Waals surface area (Å²) < 4.78 is 57.6. The number of anilines is 1. The fourth-order valence-corrected chi connectivity index (χ4v) is 3.76. The zero-order valence-electron chi connectivity index (χ0n) is 14.7. The Bertz CT molecular complexity index is 848. The van der Waals surface area contributed by atoms with Crippen molar-refractivity contribution in [2.45, 2.75) is 43.4 Å². The number of halogens is 5. The number of tetrazole rings is 1. The van der Waals surface area contributed by atoms with Crippen LogP contribution in [0.2, 0.25) is 5.02 Å². The molecule has 0 spiro atoms. The second-order valence-electron chi connectivity index (χ2n) is 7.36. The quantitative estimate of drug-likeness (QED) is 0.678. The fraction of sp³-hybridized carbons (Fsp3) is 0.588. The van der Waals surface area contributed by atoms with Crippen LogP contribution >= 0.6 is 11.6 Å². The first-order valence-electron chi connectivity index (χ1n) is 8.91. The molecule has 1 aromatic heterocycles. The van der Waals surface area contributed by atoms with E-state index < -0.39 is 25.0 Å². The Labute approximate surface area is 163 Å². The molecule has 1 heterocycles. The lowest BCUT2D eigenvalue weighted by molar-refractivity contribution is -0.153. The first-order valence-corrected chi connectivity index (χ1v) is 9.29. The average molecular weight is 420 g/mol. The first-order chi connectivity index (χ1) is 13.3. The lowest BCUT2D eigenvalue weighted by Gasteiger charge is -2.46. The summed E-state index contributed by atoms with van der Waals surface area (Å²) >= 11 is 6.05. The average Bonchev–Trinajstić information content (AvgIpc) is 3.33. The van der Waals surface area contributed by atoms with Crippen LogP contribution in [0, 0.1) is 5.92 Å². The summed E-state index contributed by atoms with van der Waals surface area (Å²) in [6.45, 7) is -1.91. The molecular formula is C17H18ClF4N5O. The van der Waals surface area contributed by atoms with Crippen molar-refractivity contribution < 1.29 is 22.3 Å². The second-order valence-corrected chi connectivity index (χ2v) is 7.79. The van der Waals surface area contributed by atoms with Crippen molar-refractivity contribution in [1.29, 1.82) is 0 Å². The highest BCUT2D eigenvalue weighted by Gasteiger charge is 2.51. The maximum atomic E-state index is 13.2. The molecule has 0 saturated heterocycles. The second kappa shape index (κ2) is 7.06. The van der Waals surface area contributed by atoms with Gasteiger partial charge in [-0.3, -0.25) is 4.39 Å². The van der Waals surface area contributed by atoms with Gasteiger partial charge in [0, 0.05) is 5.02 Å².